The molecule has 0 radical (unpaired) electrons. The normalized spacial score (nSPS) is 11.7. The number of aryl methyl sites for hydroxylation is 2. The van der Waals surface area contributed by atoms with E-state index in [2.05, 4.69) is 59.8 Å². The van der Waals surface area contributed by atoms with Crippen molar-refractivity contribution in [2.24, 2.45) is 0 Å². The molecule has 0 bridgehead atoms. The summed E-state index contributed by atoms with van der Waals surface area (Å²) in [5, 5.41) is 3.60. The van der Waals surface area contributed by atoms with Gasteiger partial charge in [-0.3, -0.25) is 0 Å². The first-order valence-electron chi connectivity index (χ1n) is 5.58. The van der Waals surface area contributed by atoms with E-state index >= 15 is 0 Å². The number of hydrogen-bond acceptors (Lipinski definition) is 1. The Morgan fingerprint density at radius 3 is 1.60 bits per heavy atom. The van der Waals surface area contributed by atoms with Crippen molar-refractivity contribution in [3.8, 4) is 0 Å². The minimum absolute atomic E-state index is 0.121. The Kier molecular flexibility index (Phi) is 3.13. The van der Waals surface area contributed by atoms with E-state index in [0.29, 0.717) is 0 Å². The molecule has 1 aromatic rings. The van der Waals surface area contributed by atoms with Gasteiger partial charge in [0, 0.05) is 11.2 Å². The second-order valence-corrected chi connectivity index (χ2v) is 5.51. The Bertz CT molecular complexity index is 344. The largest absolute Gasteiger partial charge is 0.380 e. The van der Waals surface area contributed by atoms with Gasteiger partial charge in [0.15, 0.2) is 0 Å². The summed E-state index contributed by atoms with van der Waals surface area (Å²) in [5.74, 6) is 0. The van der Waals surface area contributed by atoms with Gasteiger partial charge in [-0.25, -0.2) is 0 Å². The molecular formula is C14H23N. The van der Waals surface area contributed by atoms with E-state index in [4.69, 9.17) is 0 Å². The zero-order valence-corrected chi connectivity index (χ0v) is 11.1. The molecule has 0 aliphatic carbocycles. The number of nitrogens with one attached hydrogen (secondary N) is 1. The topological polar surface area (TPSA) is 12.0 Å². The molecule has 0 spiro atoms. The van der Waals surface area contributed by atoms with Crippen LogP contribution in [-0.2, 0) is 0 Å². The average Bonchev–Trinajstić information content (AvgIpc) is 2.08. The summed E-state index contributed by atoms with van der Waals surface area (Å²) >= 11 is 0. The Morgan fingerprint density at radius 1 is 0.867 bits per heavy atom. The summed E-state index contributed by atoms with van der Waals surface area (Å²) in [6.07, 6.45) is 0. The fourth-order valence-corrected chi connectivity index (χ4v) is 1.78. The van der Waals surface area contributed by atoms with Gasteiger partial charge in [0.2, 0.25) is 0 Å². The highest BCUT2D eigenvalue weighted by Crippen LogP contribution is 2.28. The highest BCUT2D eigenvalue weighted by Gasteiger charge is 2.14. The summed E-state index contributed by atoms with van der Waals surface area (Å²) in [4.78, 5) is 0. The van der Waals surface area contributed by atoms with Crippen LogP contribution < -0.4 is 5.32 Å². The molecule has 1 aromatic carbocycles. The molecule has 1 N–H and O–H groups in total. The first-order chi connectivity index (χ1) is 6.72. The Morgan fingerprint density at radius 2 is 1.27 bits per heavy atom. The summed E-state index contributed by atoms with van der Waals surface area (Å²) in [5.41, 5.74) is 6.89. The quantitative estimate of drug-likeness (QED) is 0.727. The predicted molar refractivity (Wildman–Crippen MR) is 68.8 cm³/mol. The third-order valence-corrected chi connectivity index (χ3v) is 2.87. The predicted octanol–water partition coefficient (Wildman–Crippen LogP) is 4.13. The fourth-order valence-electron chi connectivity index (χ4n) is 1.78. The van der Waals surface area contributed by atoms with Crippen LogP contribution in [0.1, 0.15) is 43.0 Å². The third kappa shape index (κ3) is 2.74. The molecule has 1 heteroatoms. The summed E-state index contributed by atoms with van der Waals surface area (Å²) in [7, 11) is 0. The molecule has 0 aromatic heterocycles. The molecule has 15 heavy (non-hydrogen) atoms. The molecule has 84 valence electrons. The molecule has 0 aliphatic heterocycles. The van der Waals surface area contributed by atoms with Crippen molar-refractivity contribution in [3.05, 3.63) is 28.3 Å². The maximum Gasteiger partial charge on any atom is 0.0408 e. The average molecular weight is 205 g/mol. The maximum absolute atomic E-state index is 3.60. The van der Waals surface area contributed by atoms with Crippen molar-refractivity contribution in [3.63, 3.8) is 0 Å². The van der Waals surface area contributed by atoms with Gasteiger partial charge in [0.05, 0.1) is 0 Å². The summed E-state index contributed by atoms with van der Waals surface area (Å²) in [6, 6.07) is 2.26. The van der Waals surface area contributed by atoms with Crippen molar-refractivity contribution < 1.29 is 0 Å². The first-order valence-corrected chi connectivity index (χ1v) is 5.58. The van der Waals surface area contributed by atoms with Gasteiger partial charge < -0.3 is 5.32 Å². The Labute approximate surface area is 93.9 Å². The molecule has 0 unspecified atom stereocenters. The van der Waals surface area contributed by atoms with E-state index in [9.17, 15) is 0 Å². The number of anilines is 1. The van der Waals surface area contributed by atoms with Crippen LogP contribution >= 0.6 is 0 Å². The third-order valence-electron chi connectivity index (χ3n) is 2.87. The van der Waals surface area contributed by atoms with Crippen LogP contribution in [0.25, 0.3) is 0 Å². The molecule has 0 heterocycles. The molecule has 0 aliphatic rings. The van der Waals surface area contributed by atoms with Crippen LogP contribution in [0, 0.1) is 27.7 Å². The van der Waals surface area contributed by atoms with Gasteiger partial charge in [-0.15, -0.1) is 0 Å². The molecule has 0 saturated heterocycles. The van der Waals surface area contributed by atoms with Crippen molar-refractivity contribution in [2.75, 3.05) is 5.32 Å². The lowest BCUT2D eigenvalue weighted by atomic mass is 9.97. The lowest BCUT2D eigenvalue weighted by Gasteiger charge is -2.26. The van der Waals surface area contributed by atoms with Crippen molar-refractivity contribution >= 4 is 5.69 Å². The van der Waals surface area contributed by atoms with Crippen LogP contribution in [0.15, 0.2) is 6.07 Å². The first kappa shape index (κ1) is 12.1. The van der Waals surface area contributed by atoms with Gasteiger partial charge in [0.25, 0.3) is 0 Å². The molecule has 0 atom stereocenters. The lowest BCUT2D eigenvalue weighted by Crippen LogP contribution is -2.27. The number of rotatable bonds is 1. The number of benzene rings is 1. The van der Waals surface area contributed by atoms with Gasteiger partial charge in [-0.2, -0.15) is 0 Å². The zero-order chi connectivity index (χ0) is 11.8. The van der Waals surface area contributed by atoms with Crippen LogP contribution in [0.3, 0.4) is 0 Å². The van der Waals surface area contributed by atoms with Crippen molar-refractivity contribution in [2.45, 2.75) is 54.0 Å². The SMILES string of the molecule is Cc1cc(C)c(C)c(NC(C)(C)C)c1C. The van der Waals surface area contributed by atoms with Crippen LogP contribution in [0.5, 0.6) is 0 Å². The molecule has 1 rings (SSSR count). The molecule has 0 saturated carbocycles. The van der Waals surface area contributed by atoms with Gasteiger partial charge in [0.1, 0.15) is 0 Å². The Hall–Kier alpha value is -0.980. The van der Waals surface area contributed by atoms with Crippen molar-refractivity contribution in [1.29, 1.82) is 0 Å². The second kappa shape index (κ2) is 3.88. The number of hydrogen-bond donors (Lipinski definition) is 1. The highest BCUT2D eigenvalue weighted by molar-refractivity contribution is 5.63. The highest BCUT2D eigenvalue weighted by atomic mass is 15.0. The van der Waals surface area contributed by atoms with E-state index in [-0.39, 0.29) is 5.54 Å². The van der Waals surface area contributed by atoms with E-state index in [1.165, 1.54) is 27.9 Å². The van der Waals surface area contributed by atoms with Crippen LogP contribution in [-0.4, -0.2) is 5.54 Å². The van der Waals surface area contributed by atoms with Gasteiger partial charge in [-0.05, 0) is 70.7 Å². The van der Waals surface area contributed by atoms with Gasteiger partial charge >= 0.3 is 0 Å². The maximum atomic E-state index is 3.60. The second-order valence-electron chi connectivity index (χ2n) is 5.51. The minimum Gasteiger partial charge on any atom is -0.380 e. The standard InChI is InChI=1S/C14H23N/c1-9-8-10(2)12(4)13(11(9)3)15-14(5,6)7/h8,15H,1-7H3. The summed E-state index contributed by atoms with van der Waals surface area (Å²) < 4.78 is 0. The smallest absolute Gasteiger partial charge is 0.0408 e. The van der Waals surface area contributed by atoms with Crippen molar-refractivity contribution in [1.82, 2.24) is 0 Å². The molecule has 1 nitrogen and oxygen atoms in total. The molecule has 0 amide bonds. The lowest BCUT2D eigenvalue weighted by molar-refractivity contribution is 0.632. The fraction of sp³-hybridized carbons (Fsp3) is 0.571. The van der Waals surface area contributed by atoms with E-state index in [1.807, 2.05) is 0 Å². The zero-order valence-electron chi connectivity index (χ0n) is 11.1. The van der Waals surface area contributed by atoms with Crippen LogP contribution in [0.2, 0.25) is 0 Å². The van der Waals surface area contributed by atoms with E-state index in [0.717, 1.165) is 0 Å². The monoisotopic (exact) mass is 205 g/mol. The molecular weight excluding hydrogens is 182 g/mol. The van der Waals surface area contributed by atoms with E-state index < -0.39 is 0 Å². The minimum atomic E-state index is 0.121. The molecule has 0 fully saturated rings. The summed E-state index contributed by atoms with van der Waals surface area (Å²) in [6.45, 7) is 15.3. The Balaban J connectivity index is 3.27. The van der Waals surface area contributed by atoms with Crippen LogP contribution in [0.4, 0.5) is 5.69 Å². The van der Waals surface area contributed by atoms with Gasteiger partial charge in [-0.1, -0.05) is 6.07 Å². The van der Waals surface area contributed by atoms with E-state index in [1.54, 1.807) is 0 Å².